The Balaban J connectivity index is 2.01. The highest BCUT2D eigenvalue weighted by Gasteiger charge is 2.23. The SMILES string of the molecule is CC(=O)Nc1ccc(NC(=O)C(C)OC(=O)c2cc(C)n(C(C)C)c2C)cc1. The monoisotopic (exact) mass is 385 g/mol. The number of hydrogen-bond donors (Lipinski definition) is 2. The minimum absolute atomic E-state index is 0.172. The summed E-state index contributed by atoms with van der Waals surface area (Å²) in [5.41, 5.74) is 3.42. The van der Waals surface area contributed by atoms with Crippen molar-refractivity contribution in [1.82, 2.24) is 4.57 Å². The molecule has 0 saturated heterocycles. The molecule has 0 fully saturated rings. The first-order chi connectivity index (χ1) is 13.1. The maximum atomic E-state index is 12.5. The lowest BCUT2D eigenvalue weighted by atomic mass is 10.2. The third kappa shape index (κ3) is 5.00. The van der Waals surface area contributed by atoms with E-state index in [4.69, 9.17) is 4.74 Å². The summed E-state index contributed by atoms with van der Waals surface area (Å²) in [5.74, 6) is -1.13. The van der Waals surface area contributed by atoms with Crippen molar-refractivity contribution in [3.63, 3.8) is 0 Å². The van der Waals surface area contributed by atoms with Crippen LogP contribution in [0, 0.1) is 13.8 Å². The van der Waals surface area contributed by atoms with E-state index in [-0.39, 0.29) is 11.9 Å². The topological polar surface area (TPSA) is 89.4 Å². The highest BCUT2D eigenvalue weighted by atomic mass is 16.5. The molecule has 1 heterocycles. The molecule has 2 N–H and O–H groups in total. The first-order valence-electron chi connectivity index (χ1n) is 9.18. The molecule has 0 saturated carbocycles. The molecule has 28 heavy (non-hydrogen) atoms. The lowest BCUT2D eigenvalue weighted by Crippen LogP contribution is -2.30. The van der Waals surface area contributed by atoms with Gasteiger partial charge in [0.05, 0.1) is 5.56 Å². The number of nitrogens with zero attached hydrogens (tertiary/aromatic N) is 1. The molecule has 2 amide bonds. The van der Waals surface area contributed by atoms with Gasteiger partial charge in [0.15, 0.2) is 6.10 Å². The van der Waals surface area contributed by atoms with Crippen LogP contribution in [0.15, 0.2) is 30.3 Å². The fourth-order valence-electron chi connectivity index (χ4n) is 3.14. The van der Waals surface area contributed by atoms with Gasteiger partial charge in [-0.3, -0.25) is 9.59 Å². The van der Waals surface area contributed by atoms with Crippen molar-refractivity contribution in [2.45, 2.75) is 53.7 Å². The van der Waals surface area contributed by atoms with Crippen LogP contribution < -0.4 is 10.6 Å². The van der Waals surface area contributed by atoms with Gasteiger partial charge < -0.3 is 19.9 Å². The molecule has 1 aromatic carbocycles. The van der Waals surface area contributed by atoms with Crippen molar-refractivity contribution < 1.29 is 19.1 Å². The van der Waals surface area contributed by atoms with Gasteiger partial charge in [0, 0.05) is 35.7 Å². The summed E-state index contributed by atoms with van der Waals surface area (Å²) < 4.78 is 7.41. The molecule has 1 unspecified atom stereocenters. The number of esters is 1. The first kappa shape index (κ1) is 21.2. The average Bonchev–Trinajstić information content (AvgIpc) is 2.90. The number of benzene rings is 1. The van der Waals surface area contributed by atoms with Crippen molar-refractivity contribution in [2.24, 2.45) is 0 Å². The summed E-state index contributed by atoms with van der Waals surface area (Å²) in [6.07, 6.45) is -0.954. The van der Waals surface area contributed by atoms with Crippen molar-refractivity contribution in [1.29, 1.82) is 0 Å². The van der Waals surface area contributed by atoms with E-state index in [2.05, 4.69) is 15.2 Å². The van der Waals surface area contributed by atoms with Gasteiger partial charge in [0.25, 0.3) is 5.91 Å². The van der Waals surface area contributed by atoms with Crippen molar-refractivity contribution in [2.75, 3.05) is 10.6 Å². The minimum Gasteiger partial charge on any atom is -0.449 e. The number of carbonyl (C=O) groups excluding carboxylic acids is 3. The number of anilines is 2. The Bertz CT molecular complexity index is 882. The predicted octanol–water partition coefficient (Wildman–Crippen LogP) is 3.83. The third-order valence-electron chi connectivity index (χ3n) is 4.35. The Hall–Kier alpha value is -3.09. The van der Waals surface area contributed by atoms with Crippen LogP contribution in [-0.2, 0) is 14.3 Å². The van der Waals surface area contributed by atoms with Gasteiger partial charge in [-0.15, -0.1) is 0 Å². The summed E-state index contributed by atoms with van der Waals surface area (Å²) in [5, 5.41) is 5.34. The number of ether oxygens (including phenoxy) is 1. The number of rotatable bonds is 6. The van der Waals surface area contributed by atoms with Crippen LogP contribution in [0.3, 0.4) is 0 Å². The second-order valence-corrected chi connectivity index (χ2v) is 7.04. The van der Waals surface area contributed by atoms with Crippen molar-refractivity contribution >= 4 is 29.2 Å². The van der Waals surface area contributed by atoms with E-state index in [1.54, 1.807) is 30.3 Å². The maximum absolute atomic E-state index is 12.5. The number of amides is 2. The normalized spacial score (nSPS) is 11.8. The van der Waals surface area contributed by atoms with Gasteiger partial charge in [-0.2, -0.15) is 0 Å². The number of aromatic nitrogens is 1. The molecular weight excluding hydrogens is 358 g/mol. The zero-order chi connectivity index (χ0) is 21.0. The molecule has 7 heteroatoms. The molecule has 7 nitrogen and oxygen atoms in total. The predicted molar refractivity (Wildman–Crippen MR) is 109 cm³/mol. The molecular formula is C21H27N3O4. The Labute approximate surface area is 165 Å². The van der Waals surface area contributed by atoms with Gasteiger partial charge in [0.2, 0.25) is 5.91 Å². The van der Waals surface area contributed by atoms with E-state index >= 15 is 0 Å². The molecule has 0 aliphatic carbocycles. The third-order valence-corrected chi connectivity index (χ3v) is 4.35. The van der Waals surface area contributed by atoms with Crippen molar-refractivity contribution in [3.05, 3.63) is 47.3 Å². The number of hydrogen-bond acceptors (Lipinski definition) is 4. The van der Waals surface area contributed by atoms with Crippen LogP contribution in [0.5, 0.6) is 0 Å². The zero-order valence-electron chi connectivity index (χ0n) is 17.1. The largest absolute Gasteiger partial charge is 0.449 e. The van der Waals surface area contributed by atoms with Crippen LogP contribution in [0.2, 0.25) is 0 Å². The second-order valence-electron chi connectivity index (χ2n) is 7.04. The Kier molecular flexibility index (Phi) is 6.62. The molecule has 0 aliphatic rings. The quantitative estimate of drug-likeness (QED) is 0.740. The molecule has 0 bridgehead atoms. The minimum atomic E-state index is -0.954. The van der Waals surface area contributed by atoms with Crippen LogP contribution in [0.4, 0.5) is 11.4 Å². The summed E-state index contributed by atoms with van der Waals surface area (Å²) in [6.45, 7) is 10.8. The fraction of sp³-hybridized carbons (Fsp3) is 0.381. The molecule has 0 aliphatic heterocycles. The first-order valence-corrected chi connectivity index (χ1v) is 9.18. The van der Waals surface area contributed by atoms with Gasteiger partial charge >= 0.3 is 5.97 Å². The number of nitrogens with one attached hydrogen (secondary N) is 2. The van der Waals surface area contributed by atoms with E-state index in [1.165, 1.54) is 13.8 Å². The van der Waals surface area contributed by atoms with E-state index in [1.807, 2.05) is 27.7 Å². The average molecular weight is 385 g/mol. The molecule has 150 valence electrons. The van der Waals surface area contributed by atoms with Gasteiger partial charge in [-0.05, 0) is 65.0 Å². The molecule has 1 aromatic heterocycles. The number of aryl methyl sites for hydroxylation is 1. The molecule has 1 atom stereocenters. The molecule has 0 spiro atoms. The Morgan fingerprint density at radius 2 is 1.50 bits per heavy atom. The van der Waals surface area contributed by atoms with Crippen LogP contribution >= 0.6 is 0 Å². The van der Waals surface area contributed by atoms with E-state index in [0.29, 0.717) is 16.9 Å². The highest BCUT2D eigenvalue weighted by Crippen LogP contribution is 2.21. The summed E-state index contributed by atoms with van der Waals surface area (Å²) in [4.78, 5) is 35.9. The molecule has 2 aromatic rings. The molecule has 0 radical (unpaired) electrons. The Morgan fingerprint density at radius 3 is 1.96 bits per heavy atom. The maximum Gasteiger partial charge on any atom is 0.340 e. The van der Waals surface area contributed by atoms with Crippen LogP contribution in [0.1, 0.15) is 55.5 Å². The van der Waals surface area contributed by atoms with E-state index in [0.717, 1.165) is 11.4 Å². The zero-order valence-corrected chi connectivity index (χ0v) is 17.1. The standard InChI is InChI=1S/C21H27N3O4/c1-12(2)24-13(3)11-19(14(24)4)21(27)28-15(5)20(26)23-18-9-7-17(8-10-18)22-16(6)25/h7-12,15H,1-6H3,(H,22,25)(H,23,26). The summed E-state index contributed by atoms with van der Waals surface area (Å²) >= 11 is 0. The van der Waals surface area contributed by atoms with E-state index < -0.39 is 18.0 Å². The number of carbonyl (C=O) groups is 3. The smallest absolute Gasteiger partial charge is 0.340 e. The lowest BCUT2D eigenvalue weighted by Gasteiger charge is -2.15. The summed E-state index contributed by atoms with van der Waals surface area (Å²) in [6, 6.07) is 8.68. The van der Waals surface area contributed by atoms with Crippen LogP contribution in [0.25, 0.3) is 0 Å². The highest BCUT2D eigenvalue weighted by molar-refractivity contribution is 5.98. The lowest BCUT2D eigenvalue weighted by molar-refractivity contribution is -0.123. The fourth-order valence-corrected chi connectivity index (χ4v) is 3.14. The van der Waals surface area contributed by atoms with Gasteiger partial charge in [-0.1, -0.05) is 0 Å². The second kappa shape index (κ2) is 8.73. The molecule has 2 rings (SSSR count). The van der Waals surface area contributed by atoms with Gasteiger partial charge in [0.1, 0.15) is 0 Å². The van der Waals surface area contributed by atoms with Gasteiger partial charge in [-0.25, -0.2) is 4.79 Å². The summed E-state index contributed by atoms with van der Waals surface area (Å²) in [7, 11) is 0. The van der Waals surface area contributed by atoms with Crippen LogP contribution in [-0.4, -0.2) is 28.5 Å². The Morgan fingerprint density at radius 1 is 0.964 bits per heavy atom. The van der Waals surface area contributed by atoms with E-state index in [9.17, 15) is 14.4 Å². The van der Waals surface area contributed by atoms with Crippen molar-refractivity contribution in [3.8, 4) is 0 Å².